The molecule has 4 unspecified atom stereocenters. The van der Waals surface area contributed by atoms with E-state index in [-0.39, 0.29) is 11.5 Å². The van der Waals surface area contributed by atoms with Crippen molar-refractivity contribution in [3.05, 3.63) is 29.3 Å². The van der Waals surface area contributed by atoms with Gasteiger partial charge in [0.25, 0.3) is 0 Å². The number of aliphatic hydroxyl groups excluding tert-OH is 1. The van der Waals surface area contributed by atoms with E-state index in [4.69, 9.17) is 15.6 Å². The maximum atomic E-state index is 12.0. The fourth-order valence-corrected chi connectivity index (χ4v) is 6.06. The Balaban J connectivity index is 1.50. The van der Waals surface area contributed by atoms with Crippen molar-refractivity contribution in [2.24, 2.45) is 23.0 Å². The van der Waals surface area contributed by atoms with Crippen molar-refractivity contribution >= 4 is 11.9 Å². The molecule has 152 valence electrons. The number of nitrogens with two attached hydrogens (primary N) is 1. The zero-order valence-corrected chi connectivity index (χ0v) is 16.3. The summed E-state index contributed by atoms with van der Waals surface area (Å²) >= 11 is 0. The third-order valence-corrected chi connectivity index (χ3v) is 7.56. The monoisotopic (exact) mass is 387 g/mol. The zero-order chi connectivity index (χ0) is 20.1. The highest BCUT2D eigenvalue weighted by molar-refractivity contribution is 5.83. The van der Waals surface area contributed by atoms with Gasteiger partial charge < -0.3 is 20.7 Å². The number of carboxylic acids is 1. The molecule has 0 aliphatic heterocycles. The van der Waals surface area contributed by atoms with Crippen molar-refractivity contribution in [3.8, 4) is 5.75 Å². The van der Waals surface area contributed by atoms with Crippen LogP contribution in [-0.4, -0.2) is 34.3 Å². The van der Waals surface area contributed by atoms with Crippen LogP contribution < -0.4 is 10.5 Å². The van der Waals surface area contributed by atoms with Crippen LogP contribution in [0, 0.1) is 17.3 Å². The van der Waals surface area contributed by atoms with E-state index in [0.29, 0.717) is 23.5 Å². The number of hydrogen-bond donors (Lipinski definition) is 3. The van der Waals surface area contributed by atoms with E-state index in [0.717, 1.165) is 38.5 Å². The summed E-state index contributed by atoms with van der Waals surface area (Å²) in [5.41, 5.74) is 8.20. The van der Waals surface area contributed by atoms with E-state index >= 15 is 0 Å². The van der Waals surface area contributed by atoms with Gasteiger partial charge >= 0.3 is 11.9 Å². The molecule has 0 amide bonds. The molecule has 1 aromatic carbocycles. The number of rotatable bonds is 4. The van der Waals surface area contributed by atoms with Gasteiger partial charge in [-0.2, -0.15) is 0 Å². The summed E-state index contributed by atoms with van der Waals surface area (Å²) in [5.74, 6) is 0.291. The standard InChI is InChI=1S/C22H29NO5/c1-22-9-8-15-14-5-3-13(28-21(27)18(23)11-20(25)26)10-12(14)2-4-16(15)17(22)6-7-19(22)24/h3,5,10,15-19,24H,2,4,6-9,11,23H2,1H3,(H,25,26)/t15?,16?,17?,18-,19?,22+/m1/s1. The summed E-state index contributed by atoms with van der Waals surface area (Å²) < 4.78 is 5.32. The topological polar surface area (TPSA) is 110 Å². The fourth-order valence-electron chi connectivity index (χ4n) is 6.06. The maximum Gasteiger partial charge on any atom is 0.328 e. The number of carboxylic acid groups (broad SMARTS) is 1. The third-order valence-electron chi connectivity index (χ3n) is 7.56. The lowest BCUT2D eigenvalue weighted by molar-refractivity contribution is -0.143. The van der Waals surface area contributed by atoms with Gasteiger partial charge in [0.05, 0.1) is 12.5 Å². The van der Waals surface area contributed by atoms with Crippen LogP contribution in [0.2, 0.25) is 0 Å². The summed E-state index contributed by atoms with van der Waals surface area (Å²) in [5, 5.41) is 19.3. The summed E-state index contributed by atoms with van der Waals surface area (Å²) in [6, 6.07) is 4.60. The van der Waals surface area contributed by atoms with Gasteiger partial charge in [-0.3, -0.25) is 4.79 Å². The van der Waals surface area contributed by atoms with Gasteiger partial charge in [-0.25, -0.2) is 4.79 Å². The molecular formula is C22H29NO5. The highest BCUT2D eigenvalue weighted by atomic mass is 16.5. The quantitative estimate of drug-likeness (QED) is 0.541. The molecular weight excluding hydrogens is 358 g/mol. The highest BCUT2D eigenvalue weighted by Crippen LogP contribution is 2.60. The maximum absolute atomic E-state index is 12.0. The molecule has 3 aliphatic rings. The second-order valence-corrected chi connectivity index (χ2v) is 9.04. The summed E-state index contributed by atoms with van der Waals surface area (Å²) in [6.07, 6.45) is 5.60. The molecule has 6 atom stereocenters. The minimum absolute atomic E-state index is 0.0639. The lowest BCUT2D eigenvalue weighted by atomic mass is 9.55. The molecule has 4 rings (SSSR count). The van der Waals surface area contributed by atoms with Crippen LogP contribution >= 0.6 is 0 Å². The van der Waals surface area contributed by atoms with Crippen molar-refractivity contribution in [2.75, 3.05) is 0 Å². The van der Waals surface area contributed by atoms with E-state index in [1.54, 1.807) is 6.07 Å². The van der Waals surface area contributed by atoms with Crippen molar-refractivity contribution in [3.63, 3.8) is 0 Å². The molecule has 0 aromatic heterocycles. The lowest BCUT2D eigenvalue weighted by Gasteiger charge is -2.50. The molecule has 0 bridgehead atoms. The first-order valence-corrected chi connectivity index (χ1v) is 10.3. The highest BCUT2D eigenvalue weighted by Gasteiger charge is 2.54. The number of carbonyl (C=O) groups is 2. The normalized spacial score (nSPS) is 34.7. The Hall–Kier alpha value is -1.92. The Morgan fingerprint density at radius 2 is 2.07 bits per heavy atom. The Kier molecular flexibility index (Phi) is 4.96. The van der Waals surface area contributed by atoms with E-state index in [1.807, 2.05) is 6.07 Å². The molecule has 1 aromatic rings. The Bertz CT molecular complexity index is 793. The Labute approximate surface area is 165 Å². The average molecular weight is 387 g/mol. The largest absolute Gasteiger partial charge is 0.481 e. The van der Waals surface area contributed by atoms with Crippen LogP contribution in [0.25, 0.3) is 0 Å². The first-order chi connectivity index (χ1) is 13.3. The summed E-state index contributed by atoms with van der Waals surface area (Å²) in [6.45, 7) is 2.27. The number of aliphatic hydroxyl groups is 1. The molecule has 0 radical (unpaired) electrons. The van der Waals surface area contributed by atoms with Crippen molar-refractivity contribution in [1.82, 2.24) is 0 Å². The Morgan fingerprint density at radius 1 is 1.29 bits per heavy atom. The van der Waals surface area contributed by atoms with Crippen LogP contribution in [0.5, 0.6) is 5.75 Å². The Morgan fingerprint density at radius 3 is 2.82 bits per heavy atom. The molecule has 2 saturated carbocycles. The van der Waals surface area contributed by atoms with Crippen molar-refractivity contribution < 1.29 is 24.5 Å². The molecule has 0 saturated heterocycles. The molecule has 0 heterocycles. The summed E-state index contributed by atoms with van der Waals surface area (Å²) in [7, 11) is 0. The fraction of sp³-hybridized carbons (Fsp3) is 0.636. The second-order valence-electron chi connectivity index (χ2n) is 9.04. The molecule has 6 heteroatoms. The predicted octanol–water partition coefficient (Wildman–Crippen LogP) is 2.61. The van der Waals surface area contributed by atoms with Crippen LogP contribution in [0.1, 0.15) is 62.5 Å². The van der Waals surface area contributed by atoms with Crippen molar-refractivity contribution in [2.45, 2.75) is 69.9 Å². The van der Waals surface area contributed by atoms with E-state index in [1.165, 1.54) is 11.1 Å². The van der Waals surface area contributed by atoms with E-state index < -0.39 is 24.4 Å². The first kappa shape index (κ1) is 19.4. The predicted molar refractivity (Wildman–Crippen MR) is 103 cm³/mol. The molecule has 0 spiro atoms. The number of hydrogen-bond acceptors (Lipinski definition) is 5. The molecule has 6 nitrogen and oxygen atoms in total. The minimum atomic E-state index is -1.16. The summed E-state index contributed by atoms with van der Waals surface area (Å²) in [4.78, 5) is 22.7. The number of carbonyl (C=O) groups excluding carboxylic acids is 1. The molecule has 3 aliphatic carbocycles. The van der Waals surface area contributed by atoms with Gasteiger partial charge in [-0.05, 0) is 85.0 Å². The third kappa shape index (κ3) is 3.22. The van der Waals surface area contributed by atoms with Crippen LogP contribution in [0.15, 0.2) is 18.2 Å². The van der Waals surface area contributed by atoms with Crippen LogP contribution in [0.3, 0.4) is 0 Å². The number of aryl methyl sites for hydroxylation is 1. The minimum Gasteiger partial charge on any atom is -0.481 e. The zero-order valence-electron chi connectivity index (χ0n) is 16.3. The molecule has 2 fully saturated rings. The van der Waals surface area contributed by atoms with Crippen molar-refractivity contribution in [1.29, 1.82) is 0 Å². The number of aliphatic carboxylic acids is 1. The average Bonchev–Trinajstić information content (AvgIpc) is 2.95. The van der Waals surface area contributed by atoms with Gasteiger partial charge in [0, 0.05) is 0 Å². The lowest BCUT2D eigenvalue weighted by Crippen LogP contribution is -2.43. The van der Waals surface area contributed by atoms with Gasteiger partial charge in [0.1, 0.15) is 11.8 Å². The van der Waals surface area contributed by atoms with Crippen LogP contribution in [0.4, 0.5) is 0 Å². The second kappa shape index (κ2) is 7.16. The number of benzene rings is 1. The van der Waals surface area contributed by atoms with Crippen LogP contribution in [-0.2, 0) is 16.0 Å². The number of fused-ring (bicyclic) bond motifs is 5. The first-order valence-electron chi connectivity index (χ1n) is 10.3. The van der Waals surface area contributed by atoms with E-state index in [9.17, 15) is 14.7 Å². The smallest absolute Gasteiger partial charge is 0.328 e. The van der Waals surface area contributed by atoms with Gasteiger partial charge in [-0.1, -0.05) is 13.0 Å². The molecule has 4 N–H and O–H groups in total. The number of ether oxygens (including phenoxy) is 1. The van der Waals surface area contributed by atoms with Gasteiger partial charge in [-0.15, -0.1) is 0 Å². The van der Waals surface area contributed by atoms with Gasteiger partial charge in [0.15, 0.2) is 0 Å². The van der Waals surface area contributed by atoms with Gasteiger partial charge in [0.2, 0.25) is 0 Å². The van der Waals surface area contributed by atoms with E-state index in [2.05, 4.69) is 13.0 Å². The molecule has 28 heavy (non-hydrogen) atoms. The SMILES string of the molecule is C[C@]12CCC3c4ccc(OC(=O)[C@H](N)CC(=O)O)cc4CCC3C1CCC2O. The number of esters is 1.